The van der Waals surface area contributed by atoms with Crippen LogP contribution in [0.25, 0.3) is 0 Å². The molecule has 0 saturated heterocycles. The van der Waals surface area contributed by atoms with Gasteiger partial charge in [-0.15, -0.1) is 0 Å². The Morgan fingerprint density at radius 1 is 1.55 bits per heavy atom. The molecule has 0 saturated carbocycles. The molecule has 0 aromatic rings. The minimum Gasteiger partial charge on any atom is -0.299 e. The average Bonchev–Trinajstić information content (AvgIpc) is 2.04. The SMILES string of the molecule is CCC(=O)C1C=CC=CC1=O. The Morgan fingerprint density at radius 2 is 2.27 bits per heavy atom. The van der Waals surface area contributed by atoms with E-state index in [-0.39, 0.29) is 11.6 Å². The van der Waals surface area contributed by atoms with Gasteiger partial charge in [-0.3, -0.25) is 9.59 Å². The van der Waals surface area contributed by atoms with E-state index in [2.05, 4.69) is 0 Å². The van der Waals surface area contributed by atoms with Gasteiger partial charge >= 0.3 is 0 Å². The molecule has 11 heavy (non-hydrogen) atoms. The van der Waals surface area contributed by atoms with Crippen LogP contribution in [-0.2, 0) is 9.59 Å². The quantitative estimate of drug-likeness (QED) is 0.555. The van der Waals surface area contributed by atoms with Gasteiger partial charge in [0.1, 0.15) is 5.78 Å². The summed E-state index contributed by atoms with van der Waals surface area (Å²) < 4.78 is 0. The number of ketones is 2. The summed E-state index contributed by atoms with van der Waals surface area (Å²) in [7, 11) is 0. The van der Waals surface area contributed by atoms with Crippen LogP contribution in [0.15, 0.2) is 24.3 Å². The molecule has 0 heterocycles. The Hall–Kier alpha value is -1.18. The van der Waals surface area contributed by atoms with Crippen LogP contribution >= 0.6 is 0 Å². The third kappa shape index (κ3) is 1.64. The number of carbonyl (C=O) groups is 2. The molecule has 0 aromatic carbocycles. The molecule has 0 N–H and O–H groups in total. The van der Waals surface area contributed by atoms with Crippen molar-refractivity contribution in [3.63, 3.8) is 0 Å². The molecule has 1 aliphatic rings. The van der Waals surface area contributed by atoms with Crippen molar-refractivity contribution in [2.24, 2.45) is 5.92 Å². The molecule has 2 heteroatoms. The van der Waals surface area contributed by atoms with Crippen LogP contribution in [0.4, 0.5) is 0 Å². The molecule has 58 valence electrons. The van der Waals surface area contributed by atoms with Gasteiger partial charge in [0.2, 0.25) is 0 Å². The largest absolute Gasteiger partial charge is 0.299 e. The monoisotopic (exact) mass is 150 g/mol. The van der Waals surface area contributed by atoms with Gasteiger partial charge in [0.25, 0.3) is 0 Å². The third-order valence-electron chi connectivity index (χ3n) is 1.68. The van der Waals surface area contributed by atoms with E-state index in [4.69, 9.17) is 0 Å². The Balaban J connectivity index is 2.73. The third-order valence-corrected chi connectivity index (χ3v) is 1.68. The maximum Gasteiger partial charge on any atom is 0.169 e. The number of hydrogen-bond donors (Lipinski definition) is 0. The summed E-state index contributed by atoms with van der Waals surface area (Å²) in [6.07, 6.45) is 6.91. The van der Waals surface area contributed by atoms with Crippen LogP contribution in [0.5, 0.6) is 0 Å². The second kappa shape index (κ2) is 3.28. The molecule has 0 aliphatic heterocycles. The lowest BCUT2D eigenvalue weighted by Crippen LogP contribution is -2.20. The normalized spacial score (nSPS) is 22.3. The smallest absolute Gasteiger partial charge is 0.169 e. The van der Waals surface area contributed by atoms with Gasteiger partial charge in [0.05, 0.1) is 5.92 Å². The lowest BCUT2D eigenvalue weighted by atomic mass is 9.94. The maximum atomic E-state index is 11.1. The molecule has 0 amide bonds. The second-order valence-electron chi connectivity index (χ2n) is 2.44. The van der Waals surface area contributed by atoms with Gasteiger partial charge in [-0.2, -0.15) is 0 Å². The van der Waals surface area contributed by atoms with E-state index in [0.29, 0.717) is 6.42 Å². The predicted octanol–water partition coefficient (Wildman–Crippen LogP) is 1.28. The molecular weight excluding hydrogens is 140 g/mol. The highest BCUT2D eigenvalue weighted by Gasteiger charge is 2.20. The molecular formula is C9H10O2. The highest BCUT2D eigenvalue weighted by molar-refractivity contribution is 6.09. The summed E-state index contributed by atoms with van der Waals surface area (Å²) in [6, 6.07) is 0. The Kier molecular flexibility index (Phi) is 2.36. The lowest BCUT2D eigenvalue weighted by Gasteiger charge is -2.07. The average molecular weight is 150 g/mol. The Bertz CT molecular complexity index is 236. The first-order valence-electron chi connectivity index (χ1n) is 3.67. The fourth-order valence-electron chi connectivity index (χ4n) is 1.01. The van der Waals surface area contributed by atoms with Crippen LogP contribution in [0.1, 0.15) is 13.3 Å². The molecule has 2 nitrogen and oxygen atoms in total. The van der Waals surface area contributed by atoms with E-state index in [1.54, 1.807) is 25.2 Å². The zero-order valence-electron chi connectivity index (χ0n) is 6.41. The zero-order valence-corrected chi connectivity index (χ0v) is 6.41. The van der Waals surface area contributed by atoms with E-state index >= 15 is 0 Å². The van der Waals surface area contributed by atoms with Crippen LogP contribution in [0.2, 0.25) is 0 Å². The number of allylic oxidation sites excluding steroid dienone is 4. The predicted molar refractivity (Wildman–Crippen MR) is 42.1 cm³/mol. The number of Topliss-reactive ketones (excluding diaryl/α,β-unsaturated/α-hetero) is 1. The van der Waals surface area contributed by atoms with Crippen LogP contribution < -0.4 is 0 Å². The molecule has 0 fully saturated rings. The van der Waals surface area contributed by atoms with E-state index < -0.39 is 5.92 Å². The van der Waals surface area contributed by atoms with Gasteiger partial charge in [-0.1, -0.05) is 25.2 Å². The topological polar surface area (TPSA) is 34.1 Å². The Morgan fingerprint density at radius 3 is 2.82 bits per heavy atom. The molecule has 1 unspecified atom stereocenters. The van der Waals surface area contributed by atoms with Crippen molar-refractivity contribution < 1.29 is 9.59 Å². The zero-order chi connectivity index (χ0) is 8.27. The minimum absolute atomic E-state index is 0.00407. The summed E-state index contributed by atoms with van der Waals surface area (Å²) in [5.74, 6) is -0.611. The van der Waals surface area contributed by atoms with E-state index in [1.807, 2.05) is 0 Å². The van der Waals surface area contributed by atoms with Crippen LogP contribution in [0, 0.1) is 5.92 Å². The minimum atomic E-state index is -0.509. The molecule has 0 radical (unpaired) electrons. The first kappa shape index (κ1) is 7.92. The van der Waals surface area contributed by atoms with Gasteiger partial charge in [-0.25, -0.2) is 0 Å². The summed E-state index contributed by atoms with van der Waals surface area (Å²) in [6.45, 7) is 1.77. The first-order chi connectivity index (χ1) is 5.25. The van der Waals surface area contributed by atoms with Crippen molar-refractivity contribution in [2.75, 3.05) is 0 Å². The summed E-state index contributed by atoms with van der Waals surface area (Å²) in [4.78, 5) is 22.1. The van der Waals surface area contributed by atoms with Crippen molar-refractivity contribution in [1.82, 2.24) is 0 Å². The molecule has 0 spiro atoms. The molecule has 1 atom stereocenters. The standard InChI is InChI=1S/C9H10O2/c1-2-8(10)7-5-3-4-6-9(7)11/h3-7H,2H2,1H3. The number of rotatable bonds is 2. The summed E-state index contributed by atoms with van der Waals surface area (Å²) >= 11 is 0. The first-order valence-corrected chi connectivity index (χ1v) is 3.67. The van der Waals surface area contributed by atoms with E-state index in [0.717, 1.165) is 0 Å². The van der Waals surface area contributed by atoms with E-state index in [1.165, 1.54) is 6.08 Å². The number of carbonyl (C=O) groups excluding carboxylic acids is 2. The second-order valence-corrected chi connectivity index (χ2v) is 2.44. The summed E-state index contributed by atoms with van der Waals surface area (Å²) in [5, 5.41) is 0. The van der Waals surface area contributed by atoms with Crippen molar-refractivity contribution in [1.29, 1.82) is 0 Å². The van der Waals surface area contributed by atoms with Crippen molar-refractivity contribution >= 4 is 11.6 Å². The van der Waals surface area contributed by atoms with Crippen molar-refractivity contribution in [3.8, 4) is 0 Å². The molecule has 0 aromatic heterocycles. The van der Waals surface area contributed by atoms with Crippen molar-refractivity contribution in [3.05, 3.63) is 24.3 Å². The van der Waals surface area contributed by atoms with Gasteiger partial charge in [0, 0.05) is 6.42 Å². The Labute approximate surface area is 65.6 Å². The van der Waals surface area contributed by atoms with Gasteiger partial charge in [0.15, 0.2) is 5.78 Å². The van der Waals surface area contributed by atoms with E-state index in [9.17, 15) is 9.59 Å². The van der Waals surface area contributed by atoms with Crippen LogP contribution in [0.3, 0.4) is 0 Å². The highest BCUT2D eigenvalue weighted by Crippen LogP contribution is 2.10. The number of hydrogen-bond acceptors (Lipinski definition) is 2. The fourth-order valence-corrected chi connectivity index (χ4v) is 1.01. The summed E-state index contributed by atoms with van der Waals surface area (Å²) in [5.41, 5.74) is 0. The van der Waals surface area contributed by atoms with Gasteiger partial charge < -0.3 is 0 Å². The van der Waals surface area contributed by atoms with Crippen LogP contribution in [-0.4, -0.2) is 11.6 Å². The molecule has 1 rings (SSSR count). The molecule has 1 aliphatic carbocycles. The highest BCUT2D eigenvalue weighted by atomic mass is 16.1. The van der Waals surface area contributed by atoms with Crippen molar-refractivity contribution in [2.45, 2.75) is 13.3 Å². The molecule has 0 bridgehead atoms. The fraction of sp³-hybridized carbons (Fsp3) is 0.333. The maximum absolute atomic E-state index is 11.1. The van der Waals surface area contributed by atoms with Gasteiger partial charge in [-0.05, 0) is 6.08 Å². The lowest BCUT2D eigenvalue weighted by molar-refractivity contribution is -0.128.